The van der Waals surface area contributed by atoms with Gasteiger partial charge < -0.3 is 15.0 Å². The van der Waals surface area contributed by atoms with E-state index < -0.39 is 5.60 Å². The van der Waals surface area contributed by atoms with E-state index in [1.807, 2.05) is 20.8 Å². The summed E-state index contributed by atoms with van der Waals surface area (Å²) in [5.74, 6) is 0. The number of carbonyl (C=O) groups is 1. The summed E-state index contributed by atoms with van der Waals surface area (Å²) in [7, 11) is 1.76. The summed E-state index contributed by atoms with van der Waals surface area (Å²) in [5, 5.41) is 3.38. The zero-order valence-electron chi connectivity index (χ0n) is 12.2. The van der Waals surface area contributed by atoms with Crippen molar-refractivity contribution < 1.29 is 9.53 Å². The van der Waals surface area contributed by atoms with Crippen LogP contribution >= 0.6 is 0 Å². The van der Waals surface area contributed by atoms with Gasteiger partial charge in [0.05, 0.1) is 0 Å². The lowest BCUT2D eigenvalue weighted by Gasteiger charge is -2.25. The molecule has 102 valence electrons. The van der Waals surface area contributed by atoms with Crippen LogP contribution in [0.2, 0.25) is 0 Å². The molecule has 0 spiro atoms. The molecule has 1 N–H and O–H groups in total. The van der Waals surface area contributed by atoms with Crippen molar-refractivity contribution in [3.8, 4) is 0 Å². The maximum absolute atomic E-state index is 11.6. The fourth-order valence-electron chi connectivity index (χ4n) is 1.44. The maximum Gasteiger partial charge on any atom is 0.410 e. The highest BCUT2D eigenvalue weighted by Crippen LogP contribution is 2.08. The Hall–Kier alpha value is -0.770. The molecular weight excluding hydrogens is 216 g/mol. The fourth-order valence-corrected chi connectivity index (χ4v) is 1.44. The van der Waals surface area contributed by atoms with Crippen molar-refractivity contribution in [1.29, 1.82) is 0 Å². The normalized spacial score (nSPS) is 13.3. The third kappa shape index (κ3) is 8.98. The number of nitrogens with zero attached hydrogens (tertiary/aromatic N) is 1. The van der Waals surface area contributed by atoms with Crippen LogP contribution in [-0.2, 0) is 4.74 Å². The van der Waals surface area contributed by atoms with Crippen molar-refractivity contribution in [2.45, 2.75) is 59.1 Å². The Morgan fingerprint density at radius 3 is 2.47 bits per heavy atom. The molecule has 0 saturated heterocycles. The highest BCUT2D eigenvalue weighted by atomic mass is 16.6. The minimum atomic E-state index is -0.422. The first-order chi connectivity index (χ1) is 7.76. The molecule has 0 aromatic heterocycles. The van der Waals surface area contributed by atoms with Crippen molar-refractivity contribution in [3.05, 3.63) is 0 Å². The van der Waals surface area contributed by atoms with E-state index in [4.69, 9.17) is 4.74 Å². The molecule has 0 rings (SSSR count). The van der Waals surface area contributed by atoms with Crippen LogP contribution in [0.15, 0.2) is 0 Å². The third-order valence-corrected chi connectivity index (χ3v) is 2.37. The molecule has 0 aliphatic heterocycles. The van der Waals surface area contributed by atoms with Crippen LogP contribution in [0.25, 0.3) is 0 Å². The van der Waals surface area contributed by atoms with Gasteiger partial charge in [-0.1, -0.05) is 13.3 Å². The molecule has 4 nitrogen and oxygen atoms in total. The van der Waals surface area contributed by atoms with Gasteiger partial charge in [-0.2, -0.15) is 0 Å². The van der Waals surface area contributed by atoms with Gasteiger partial charge in [-0.3, -0.25) is 0 Å². The lowest BCUT2D eigenvalue weighted by Crippen LogP contribution is -2.39. The second kappa shape index (κ2) is 7.54. The number of ether oxygens (including phenoxy) is 1. The van der Waals surface area contributed by atoms with E-state index in [0.717, 1.165) is 13.0 Å². The van der Waals surface area contributed by atoms with Crippen LogP contribution in [0.4, 0.5) is 4.79 Å². The Balaban J connectivity index is 3.78. The molecule has 0 aromatic rings. The Morgan fingerprint density at radius 2 is 2.00 bits per heavy atom. The van der Waals surface area contributed by atoms with E-state index in [1.165, 1.54) is 6.42 Å². The molecule has 1 amide bonds. The standard InChI is InChI=1S/C13H28N2O2/c1-7-8-11(2)14-9-10-15(6)12(16)17-13(3,4)5/h11,14H,7-10H2,1-6H3. The second-order valence-electron chi connectivity index (χ2n) is 5.55. The molecular formula is C13H28N2O2. The Morgan fingerprint density at radius 1 is 1.41 bits per heavy atom. The average Bonchev–Trinajstić information content (AvgIpc) is 2.15. The number of hydrogen-bond acceptors (Lipinski definition) is 3. The lowest BCUT2D eigenvalue weighted by molar-refractivity contribution is 0.0299. The summed E-state index contributed by atoms with van der Waals surface area (Å²) in [6.45, 7) is 11.4. The van der Waals surface area contributed by atoms with Crippen LogP contribution in [0.1, 0.15) is 47.5 Å². The molecule has 0 aromatic carbocycles. The summed E-state index contributed by atoms with van der Waals surface area (Å²) < 4.78 is 5.26. The number of amides is 1. The molecule has 0 bridgehead atoms. The SMILES string of the molecule is CCCC(C)NCCN(C)C(=O)OC(C)(C)C. The molecule has 0 heterocycles. The molecule has 0 radical (unpaired) electrons. The van der Waals surface area contributed by atoms with Crippen LogP contribution in [0.3, 0.4) is 0 Å². The number of rotatable bonds is 6. The van der Waals surface area contributed by atoms with Gasteiger partial charge in [0.2, 0.25) is 0 Å². The van der Waals surface area contributed by atoms with Gasteiger partial charge in [-0.05, 0) is 34.1 Å². The molecule has 0 saturated carbocycles. The fraction of sp³-hybridized carbons (Fsp3) is 0.923. The highest BCUT2D eigenvalue weighted by molar-refractivity contribution is 5.67. The third-order valence-electron chi connectivity index (χ3n) is 2.37. The molecule has 4 heteroatoms. The largest absolute Gasteiger partial charge is 0.444 e. The molecule has 17 heavy (non-hydrogen) atoms. The molecule has 0 fully saturated rings. The van der Waals surface area contributed by atoms with Crippen molar-refractivity contribution in [1.82, 2.24) is 10.2 Å². The van der Waals surface area contributed by atoms with Gasteiger partial charge >= 0.3 is 6.09 Å². The average molecular weight is 244 g/mol. The van der Waals surface area contributed by atoms with E-state index in [-0.39, 0.29) is 6.09 Å². The van der Waals surface area contributed by atoms with Gasteiger partial charge in [0, 0.05) is 26.2 Å². The Kier molecular flexibility index (Phi) is 7.19. The highest BCUT2D eigenvalue weighted by Gasteiger charge is 2.19. The topological polar surface area (TPSA) is 41.6 Å². The predicted molar refractivity (Wildman–Crippen MR) is 71.2 cm³/mol. The first-order valence-corrected chi connectivity index (χ1v) is 6.43. The summed E-state index contributed by atoms with van der Waals surface area (Å²) in [6.07, 6.45) is 2.08. The van der Waals surface area contributed by atoms with Crippen molar-refractivity contribution >= 4 is 6.09 Å². The van der Waals surface area contributed by atoms with E-state index in [0.29, 0.717) is 12.6 Å². The van der Waals surface area contributed by atoms with Gasteiger partial charge in [-0.25, -0.2) is 4.79 Å². The number of nitrogens with one attached hydrogen (secondary N) is 1. The van der Waals surface area contributed by atoms with E-state index in [1.54, 1.807) is 11.9 Å². The first-order valence-electron chi connectivity index (χ1n) is 6.43. The van der Waals surface area contributed by atoms with Gasteiger partial charge in [0.1, 0.15) is 5.60 Å². The summed E-state index contributed by atoms with van der Waals surface area (Å²) in [4.78, 5) is 13.2. The van der Waals surface area contributed by atoms with Gasteiger partial charge in [0.25, 0.3) is 0 Å². The number of carbonyl (C=O) groups excluding carboxylic acids is 1. The van der Waals surface area contributed by atoms with Crippen molar-refractivity contribution in [3.63, 3.8) is 0 Å². The van der Waals surface area contributed by atoms with Crippen LogP contribution in [-0.4, -0.2) is 42.8 Å². The van der Waals surface area contributed by atoms with Crippen LogP contribution in [0, 0.1) is 0 Å². The molecule has 1 unspecified atom stereocenters. The van der Waals surface area contributed by atoms with Crippen molar-refractivity contribution in [2.75, 3.05) is 20.1 Å². The zero-order chi connectivity index (χ0) is 13.5. The smallest absolute Gasteiger partial charge is 0.410 e. The van der Waals surface area contributed by atoms with Gasteiger partial charge in [0.15, 0.2) is 0 Å². The van der Waals surface area contributed by atoms with E-state index >= 15 is 0 Å². The lowest BCUT2D eigenvalue weighted by atomic mass is 10.2. The first kappa shape index (κ1) is 16.2. The summed E-state index contributed by atoms with van der Waals surface area (Å²) >= 11 is 0. The summed E-state index contributed by atoms with van der Waals surface area (Å²) in [6, 6.07) is 0.507. The monoisotopic (exact) mass is 244 g/mol. The van der Waals surface area contributed by atoms with Crippen molar-refractivity contribution in [2.24, 2.45) is 0 Å². The zero-order valence-corrected chi connectivity index (χ0v) is 12.2. The predicted octanol–water partition coefficient (Wildman–Crippen LogP) is 2.63. The second-order valence-corrected chi connectivity index (χ2v) is 5.55. The van der Waals surface area contributed by atoms with E-state index in [2.05, 4.69) is 19.2 Å². The number of hydrogen-bond donors (Lipinski definition) is 1. The van der Waals surface area contributed by atoms with Crippen LogP contribution in [0.5, 0.6) is 0 Å². The minimum absolute atomic E-state index is 0.262. The quantitative estimate of drug-likeness (QED) is 0.781. The Bertz CT molecular complexity index is 224. The van der Waals surface area contributed by atoms with Gasteiger partial charge in [-0.15, -0.1) is 0 Å². The van der Waals surface area contributed by atoms with Crippen LogP contribution < -0.4 is 5.32 Å². The maximum atomic E-state index is 11.6. The summed E-state index contributed by atoms with van der Waals surface area (Å²) in [5.41, 5.74) is -0.422. The molecule has 0 aliphatic rings. The Labute approximate surface area is 106 Å². The van der Waals surface area contributed by atoms with E-state index in [9.17, 15) is 4.79 Å². The molecule has 0 aliphatic carbocycles. The number of likely N-dealkylation sites (N-methyl/N-ethyl adjacent to an activating group) is 1. The molecule has 1 atom stereocenters. The minimum Gasteiger partial charge on any atom is -0.444 e.